The zero-order valence-corrected chi connectivity index (χ0v) is 11.5. The Bertz CT molecular complexity index is 471. The first-order valence-electron chi connectivity index (χ1n) is 5.91. The van der Waals surface area contributed by atoms with Crippen LogP contribution in [0.1, 0.15) is 22.5 Å². The Morgan fingerprint density at radius 3 is 2.88 bits per heavy atom. The van der Waals surface area contributed by atoms with Crippen LogP contribution in [0.15, 0.2) is 16.8 Å². The van der Waals surface area contributed by atoms with Crippen LogP contribution in [0, 0.1) is 13.8 Å². The van der Waals surface area contributed by atoms with Crippen molar-refractivity contribution in [3.8, 4) is 0 Å². The van der Waals surface area contributed by atoms with E-state index < -0.39 is 0 Å². The van der Waals surface area contributed by atoms with Gasteiger partial charge in [0.1, 0.15) is 0 Å². The lowest BCUT2D eigenvalue weighted by atomic mass is 10.1. The van der Waals surface area contributed by atoms with E-state index in [-0.39, 0.29) is 0 Å². The third kappa shape index (κ3) is 2.76. The molecule has 0 amide bonds. The lowest BCUT2D eigenvalue weighted by molar-refractivity contribution is 0.659. The number of thiophene rings is 1. The highest BCUT2D eigenvalue weighted by atomic mass is 32.1. The van der Waals surface area contributed by atoms with E-state index in [1.54, 1.807) is 11.3 Å². The van der Waals surface area contributed by atoms with E-state index in [1.807, 2.05) is 7.05 Å². The molecule has 0 spiro atoms. The highest BCUT2D eigenvalue weighted by molar-refractivity contribution is 7.07. The first-order chi connectivity index (χ1) is 8.22. The molecule has 2 heterocycles. The van der Waals surface area contributed by atoms with E-state index in [1.165, 1.54) is 16.8 Å². The van der Waals surface area contributed by atoms with Crippen molar-refractivity contribution in [1.29, 1.82) is 0 Å². The van der Waals surface area contributed by atoms with E-state index in [4.69, 9.17) is 0 Å². The molecule has 0 saturated heterocycles. The van der Waals surface area contributed by atoms with Gasteiger partial charge in [0, 0.05) is 5.69 Å². The molecule has 0 atom stereocenters. The predicted molar refractivity (Wildman–Crippen MR) is 72.8 cm³/mol. The highest BCUT2D eigenvalue weighted by Gasteiger charge is 2.11. The van der Waals surface area contributed by atoms with Gasteiger partial charge in [-0.3, -0.25) is 4.68 Å². The van der Waals surface area contributed by atoms with E-state index in [2.05, 4.69) is 45.8 Å². The van der Waals surface area contributed by atoms with Gasteiger partial charge in [0.2, 0.25) is 0 Å². The Labute approximate surface area is 106 Å². The second kappa shape index (κ2) is 5.47. The molecule has 2 aromatic rings. The Morgan fingerprint density at radius 1 is 1.41 bits per heavy atom. The molecule has 1 N–H and O–H groups in total. The number of nitrogens with zero attached hydrogens (tertiary/aromatic N) is 2. The van der Waals surface area contributed by atoms with E-state index in [9.17, 15) is 0 Å². The number of aromatic nitrogens is 2. The van der Waals surface area contributed by atoms with Crippen molar-refractivity contribution in [2.45, 2.75) is 26.8 Å². The SMILES string of the molecule is CNCCc1c(C)nn(Cc2ccsc2)c1C. The Kier molecular flexibility index (Phi) is 3.97. The van der Waals surface area contributed by atoms with E-state index >= 15 is 0 Å². The number of hydrogen-bond acceptors (Lipinski definition) is 3. The molecule has 0 radical (unpaired) electrons. The van der Waals surface area contributed by atoms with Crippen LogP contribution in [0.3, 0.4) is 0 Å². The van der Waals surface area contributed by atoms with Crippen molar-refractivity contribution in [3.05, 3.63) is 39.3 Å². The molecular formula is C13H19N3S. The van der Waals surface area contributed by atoms with Crippen molar-refractivity contribution in [2.75, 3.05) is 13.6 Å². The van der Waals surface area contributed by atoms with Crippen LogP contribution in [-0.4, -0.2) is 23.4 Å². The van der Waals surface area contributed by atoms with Gasteiger partial charge in [0.25, 0.3) is 0 Å². The molecule has 0 bridgehead atoms. The number of rotatable bonds is 5. The van der Waals surface area contributed by atoms with E-state index in [0.29, 0.717) is 0 Å². The van der Waals surface area contributed by atoms with Gasteiger partial charge >= 0.3 is 0 Å². The lowest BCUT2D eigenvalue weighted by Crippen LogP contribution is -2.11. The molecule has 0 fully saturated rings. The summed E-state index contributed by atoms with van der Waals surface area (Å²) < 4.78 is 2.11. The van der Waals surface area contributed by atoms with Gasteiger partial charge in [-0.25, -0.2) is 0 Å². The smallest absolute Gasteiger partial charge is 0.0670 e. The number of hydrogen-bond donors (Lipinski definition) is 1. The van der Waals surface area contributed by atoms with Crippen LogP contribution >= 0.6 is 11.3 Å². The lowest BCUT2D eigenvalue weighted by Gasteiger charge is -2.04. The van der Waals surface area contributed by atoms with E-state index in [0.717, 1.165) is 25.2 Å². The molecule has 0 aromatic carbocycles. The van der Waals surface area contributed by atoms with Crippen LogP contribution in [-0.2, 0) is 13.0 Å². The maximum absolute atomic E-state index is 4.63. The topological polar surface area (TPSA) is 29.9 Å². The largest absolute Gasteiger partial charge is 0.319 e. The van der Waals surface area contributed by atoms with Gasteiger partial charge in [-0.15, -0.1) is 0 Å². The summed E-state index contributed by atoms with van der Waals surface area (Å²) >= 11 is 1.74. The quantitative estimate of drug-likeness (QED) is 0.881. The molecular weight excluding hydrogens is 230 g/mol. The summed E-state index contributed by atoms with van der Waals surface area (Å²) in [5, 5.41) is 12.1. The molecule has 92 valence electrons. The first-order valence-corrected chi connectivity index (χ1v) is 6.85. The summed E-state index contributed by atoms with van der Waals surface area (Å²) in [6.45, 7) is 6.15. The predicted octanol–water partition coefficient (Wildman–Crippen LogP) is 2.37. The van der Waals surface area contributed by atoms with Crippen LogP contribution in [0.2, 0.25) is 0 Å². The zero-order valence-electron chi connectivity index (χ0n) is 10.7. The fourth-order valence-electron chi connectivity index (χ4n) is 2.06. The van der Waals surface area contributed by atoms with Crippen molar-refractivity contribution in [1.82, 2.24) is 15.1 Å². The van der Waals surface area contributed by atoms with Crippen LogP contribution in [0.4, 0.5) is 0 Å². The molecule has 4 heteroatoms. The molecule has 17 heavy (non-hydrogen) atoms. The number of aryl methyl sites for hydroxylation is 1. The normalized spacial score (nSPS) is 11.0. The fourth-order valence-corrected chi connectivity index (χ4v) is 2.72. The Morgan fingerprint density at radius 2 is 2.24 bits per heavy atom. The standard InChI is InChI=1S/C13H19N3S/c1-10-13(4-6-14-3)11(2)16(15-10)8-12-5-7-17-9-12/h5,7,9,14H,4,6,8H2,1-3H3. The first kappa shape index (κ1) is 12.3. The summed E-state index contributed by atoms with van der Waals surface area (Å²) in [6.07, 6.45) is 1.05. The van der Waals surface area contributed by atoms with Crippen molar-refractivity contribution >= 4 is 11.3 Å². The summed E-state index contributed by atoms with van der Waals surface area (Å²) in [6, 6.07) is 2.16. The van der Waals surface area contributed by atoms with Crippen LogP contribution < -0.4 is 5.32 Å². The average Bonchev–Trinajstić information content (AvgIpc) is 2.89. The van der Waals surface area contributed by atoms with Crippen molar-refractivity contribution < 1.29 is 0 Å². The van der Waals surface area contributed by atoms with Crippen LogP contribution in [0.5, 0.6) is 0 Å². The monoisotopic (exact) mass is 249 g/mol. The van der Waals surface area contributed by atoms with Gasteiger partial charge in [0.05, 0.1) is 12.2 Å². The van der Waals surface area contributed by atoms with Crippen LogP contribution in [0.25, 0.3) is 0 Å². The minimum absolute atomic E-state index is 0.885. The second-order valence-corrected chi connectivity index (χ2v) is 5.07. The van der Waals surface area contributed by atoms with Gasteiger partial charge in [-0.2, -0.15) is 16.4 Å². The summed E-state index contributed by atoms with van der Waals surface area (Å²) in [5.41, 5.74) is 5.17. The molecule has 0 aliphatic carbocycles. The summed E-state index contributed by atoms with van der Waals surface area (Å²) in [4.78, 5) is 0. The highest BCUT2D eigenvalue weighted by Crippen LogP contribution is 2.16. The molecule has 2 aromatic heterocycles. The third-order valence-electron chi connectivity index (χ3n) is 3.07. The Hall–Kier alpha value is -1.13. The molecule has 0 aliphatic rings. The summed E-state index contributed by atoms with van der Waals surface area (Å²) in [5.74, 6) is 0. The minimum Gasteiger partial charge on any atom is -0.319 e. The second-order valence-electron chi connectivity index (χ2n) is 4.29. The third-order valence-corrected chi connectivity index (χ3v) is 3.80. The Balaban J connectivity index is 2.18. The minimum atomic E-state index is 0.885. The van der Waals surface area contributed by atoms with Crippen molar-refractivity contribution in [2.24, 2.45) is 0 Å². The fraction of sp³-hybridized carbons (Fsp3) is 0.462. The molecule has 0 saturated carbocycles. The molecule has 3 nitrogen and oxygen atoms in total. The number of likely N-dealkylation sites (N-methyl/N-ethyl adjacent to an activating group) is 1. The number of nitrogens with one attached hydrogen (secondary N) is 1. The van der Waals surface area contributed by atoms with Crippen molar-refractivity contribution in [3.63, 3.8) is 0 Å². The average molecular weight is 249 g/mol. The maximum Gasteiger partial charge on any atom is 0.0670 e. The van der Waals surface area contributed by atoms with Gasteiger partial charge in [-0.05, 0) is 61.8 Å². The van der Waals surface area contributed by atoms with Gasteiger partial charge in [-0.1, -0.05) is 0 Å². The van der Waals surface area contributed by atoms with Gasteiger partial charge < -0.3 is 5.32 Å². The van der Waals surface area contributed by atoms with Gasteiger partial charge in [0.15, 0.2) is 0 Å². The zero-order chi connectivity index (χ0) is 12.3. The maximum atomic E-state index is 4.63. The molecule has 2 rings (SSSR count). The molecule has 0 unspecified atom stereocenters. The summed E-state index contributed by atoms with van der Waals surface area (Å²) in [7, 11) is 1.99. The molecule has 0 aliphatic heterocycles.